The van der Waals surface area contributed by atoms with Crippen LogP contribution in [0, 0.1) is 6.07 Å². The van der Waals surface area contributed by atoms with Gasteiger partial charge < -0.3 is 0 Å². The first-order valence-corrected chi connectivity index (χ1v) is 6.83. The van der Waals surface area contributed by atoms with E-state index in [9.17, 15) is 0 Å². The molecule has 0 aromatic heterocycles. The minimum absolute atomic E-state index is 0.985. The van der Waals surface area contributed by atoms with E-state index >= 15 is 0 Å². The van der Waals surface area contributed by atoms with E-state index < -0.39 is 0 Å². The van der Waals surface area contributed by atoms with Gasteiger partial charge in [0.1, 0.15) is 0 Å². The Labute approximate surface area is 114 Å². The Kier molecular flexibility index (Phi) is 3.33. The lowest BCUT2D eigenvalue weighted by molar-refractivity contribution is 1.12. The molecule has 1 radical (unpaired) electrons. The van der Waals surface area contributed by atoms with Crippen LogP contribution in [0.15, 0.2) is 60.7 Å². The van der Waals surface area contributed by atoms with Crippen molar-refractivity contribution in [1.82, 2.24) is 0 Å². The van der Waals surface area contributed by atoms with E-state index in [0.717, 1.165) is 12.8 Å². The SMILES string of the molecule is CCc1ccc(Cc2cc[c]c3ccccc23)cc1. The zero-order valence-corrected chi connectivity index (χ0v) is 11.2. The summed E-state index contributed by atoms with van der Waals surface area (Å²) < 4.78 is 0. The molecule has 0 aliphatic rings. The third kappa shape index (κ3) is 2.53. The zero-order chi connectivity index (χ0) is 13.1. The molecule has 0 bridgehead atoms. The van der Waals surface area contributed by atoms with Crippen LogP contribution in [0.3, 0.4) is 0 Å². The van der Waals surface area contributed by atoms with Gasteiger partial charge in [-0.2, -0.15) is 0 Å². The highest BCUT2D eigenvalue weighted by Crippen LogP contribution is 2.21. The summed E-state index contributed by atoms with van der Waals surface area (Å²) in [5.41, 5.74) is 4.14. The van der Waals surface area contributed by atoms with Crippen LogP contribution in [0.25, 0.3) is 10.8 Å². The highest BCUT2D eigenvalue weighted by molar-refractivity contribution is 5.85. The molecule has 0 spiro atoms. The smallest absolute Gasteiger partial charge is 0.00196 e. The van der Waals surface area contributed by atoms with Crippen LogP contribution in [0.5, 0.6) is 0 Å². The van der Waals surface area contributed by atoms with Gasteiger partial charge >= 0.3 is 0 Å². The number of fused-ring (bicyclic) bond motifs is 1. The Morgan fingerprint density at radius 2 is 1.58 bits per heavy atom. The van der Waals surface area contributed by atoms with Crippen LogP contribution in [0.2, 0.25) is 0 Å². The van der Waals surface area contributed by atoms with Crippen LogP contribution >= 0.6 is 0 Å². The lowest BCUT2D eigenvalue weighted by atomic mass is 9.98. The molecule has 0 unspecified atom stereocenters. The summed E-state index contributed by atoms with van der Waals surface area (Å²) in [5.74, 6) is 0. The summed E-state index contributed by atoms with van der Waals surface area (Å²) in [6.07, 6.45) is 2.09. The van der Waals surface area contributed by atoms with Gasteiger partial charge in [-0.25, -0.2) is 0 Å². The van der Waals surface area contributed by atoms with Crippen molar-refractivity contribution in [3.8, 4) is 0 Å². The lowest BCUT2D eigenvalue weighted by Gasteiger charge is -2.07. The number of hydrogen-bond acceptors (Lipinski definition) is 0. The van der Waals surface area contributed by atoms with Crippen molar-refractivity contribution >= 4 is 10.8 Å². The standard InChI is InChI=1S/C19H17/c1-2-15-10-12-16(13-11-15)14-18-8-5-7-17-6-3-4-9-19(17)18/h3-6,8-13H,2,14H2,1H3. The van der Waals surface area contributed by atoms with Gasteiger partial charge in [-0.1, -0.05) is 67.6 Å². The Hall–Kier alpha value is -2.08. The van der Waals surface area contributed by atoms with Gasteiger partial charge in [0.2, 0.25) is 0 Å². The first kappa shape index (κ1) is 12.0. The average Bonchev–Trinajstić information content (AvgIpc) is 2.48. The third-order valence-corrected chi connectivity index (χ3v) is 3.62. The molecular formula is C19H17. The summed E-state index contributed by atoms with van der Waals surface area (Å²) >= 11 is 0. The Balaban J connectivity index is 1.96. The fraction of sp³-hybridized carbons (Fsp3) is 0.158. The molecule has 0 saturated heterocycles. The van der Waals surface area contributed by atoms with Crippen LogP contribution < -0.4 is 0 Å². The fourth-order valence-electron chi connectivity index (χ4n) is 2.48. The van der Waals surface area contributed by atoms with Gasteiger partial charge in [0.05, 0.1) is 0 Å². The second-order valence-corrected chi connectivity index (χ2v) is 4.90. The third-order valence-electron chi connectivity index (χ3n) is 3.62. The number of benzene rings is 3. The van der Waals surface area contributed by atoms with Crippen molar-refractivity contribution in [1.29, 1.82) is 0 Å². The summed E-state index contributed by atoms with van der Waals surface area (Å²) in [6.45, 7) is 2.19. The fourth-order valence-corrected chi connectivity index (χ4v) is 2.48. The Morgan fingerprint density at radius 1 is 0.842 bits per heavy atom. The molecule has 0 atom stereocenters. The van der Waals surface area contributed by atoms with Crippen molar-refractivity contribution in [2.45, 2.75) is 19.8 Å². The van der Waals surface area contributed by atoms with E-state index in [1.807, 2.05) is 6.07 Å². The molecule has 3 aromatic carbocycles. The maximum Gasteiger partial charge on any atom is -0.00196 e. The summed E-state index contributed by atoms with van der Waals surface area (Å²) in [6, 6.07) is 24.9. The molecule has 19 heavy (non-hydrogen) atoms. The van der Waals surface area contributed by atoms with Crippen LogP contribution in [0.1, 0.15) is 23.6 Å². The molecule has 0 heterocycles. The number of aryl methyl sites for hydroxylation is 1. The monoisotopic (exact) mass is 245 g/mol. The highest BCUT2D eigenvalue weighted by Gasteiger charge is 2.02. The molecule has 0 aliphatic heterocycles. The van der Waals surface area contributed by atoms with Crippen LogP contribution in [-0.4, -0.2) is 0 Å². The molecule has 0 saturated carbocycles. The van der Waals surface area contributed by atoms with Crippen LogP contribution in [0.4, 0.5) is 0 Å². The first-order valence-electron chi connectivity index (χ1n) is 6.83. The van der Waals surface area contributed by atoms with E-state index in [-0.39, 0.29) is 0 Å². The van der Waals surface area contributed by atoms with E-state index in [0.29, 0.717) is 0 Å². The van der Waals surface area contributed by atoms with Gasteiger partial charge in [-0.05, 0) is 46.4 Å². The van der Waals surface area contributed by atoms with E-state index in [2.05, 4.69) is 67.6 Å². The van der Waals surface area contributed by atoms with E-state index in [4.69, 9.17) is 0 Å². The first-order chi connectivity index (χ1) is 9.36. The summed E-state index contributed by atoms with van der Waals surface area (Å²) in [7, 11) is 0. The van der Waals surface area contributed by atoms with Gasteiger partial charge in [0.15, 0.2) is 0 Å². The van der Waals surface area contributed by atoms with Crippen molar-refractivity contribution in [2.24, 2.45) is 0 Å². The largest absolute Gasteiger partial charge is 0.0616 e. The second kappa shape index (κ2) is 5.27. The highest BCUT2D eigenvalue weighted by atomic mass is 14.1. The molecule has 0 amide bonds. The van der Waals surface area contributed by atoms with E-state index in [1.54, 1.807) is 0 Å². The molecule has 0 fully saturated rings. The maximum atomic E-state index is 3.30. The molecule has 0 nitrogen and oxygen atoms in total. The molecule has 93 valence electrons. The van der Waals surface area contributed by atoms with Gasteiger partial charge in [0.25, 0.3) is 0 Å². The average molecular weight is 245 g/mol. The molecule has 0 heteroatoms. The minimum Gasteiger partial charge on any atom is -0.0616 e. The topological polar surface area (TPSA) is 0 Å². The predicted octanol–water partition coefficient (Wildman–Crippen LogP) is 4.79. The molecule has 0 aliphatic carbocycles. The Bertz CT molecular complexity index is 672. The van der Waals surface area contributed by atoms with Crippen LogP contribution in [-0.2, 0) is 12.8 Å². The second-order valence-electron chi connectivity index (χ2n) is 4.90. The van der Waals surface area contributed by atoms with Crippen molar-refractivity contribution in [3.63, 3.8) is 0 Å². The molecule has 3 aromatic rings. The zero-order valence-electron chi connectivity index (χ0n) is 11.2. The lowest BCUT2D eigenvalue weighted by Crippen LogP contribution is -1.90. The van der Waals surface area contributed by atoms with Gasteiger partial charge in [-0.3, -0.25) is 0 Å². The van der Waals surface area contributed by atoms with Crippen molar-refractivity contribution in [3.05, 3.63) is 83.4 Å². The van der Waals surface area contributed by atoms with Gasteiger partial charge in [-0.15, -0.1) is 0 Å². The quantitative estimate of drug-likeness (QED) is 0.622. The summed E-state index contributed by atoms with van der Waals surface area (Å²) in [5, 5.41) is 2.51. The van der Waals surface area contributed by atoms with E-state index in [1.165, 1.54) is 27.5 Å². The predicted molar refractivity (Wildman–Crippen MR) is 81.4 cm³/mol. The minimum atomic E-state index is 0.985. The molecule has 0 N–H and O–H groups in total. The van der Waals surface area contributed by atoms with Crippen molar-refractivity contribution < 1.29 is 0 Å². The summed E-state index contributed by atoms with van der Waals surface area (Å²) in [4.78, 5) is 0. The molecule has 3 rings (SSSR count). The molecular weight excluding hydrogens is 228 g/mol. The normalized spacial score (nSPS) is 10.8. The number of hydrogen-bond donors (Lipinski definition) is 0. The number of rotatable bonds is 3. The van der Waals surface area contributed by atoms with Gasteiger partial charge in [0, 0.05) is 0 Å². The Morgan fingerprint density at radius 3 is 2.37 bits per heavy atom. The van der Waals surface area contributed by atoms with Crippen molar-refractivity contribution in [2.75, 3.05) is 0 Å². The maximum absolute atomic E-state index is 3.30.